The molecular weight excluding hydrogens is 376 g/mol. The highest BCUT2D eigenvalue weighted by atomic mass is 35.5. The number of carbonyl (C=O) groups is 1. The number of amides is 1. The molecule has 2 atom stereocenters. The second-order valence-electron chi connectivity index (χ2n) is 7.09. The maximum absolute atomic E-state index is 12.5. The van der Waals surface area contributed by atoms with Crippen molar-refractivity contribution in [1.29, 1.82) is 0 Å². The van der Waals surface area contributed by atoms with E-state index < -0.39 is 6.10 Å². The second-order valence-corrected chi connectivity index (χ2v) is 7.50. The van der Waals surface area contributed by atoms with E-state index in [1.807, 2.05) is 37.3 Å². The van der Waals surface area contributed by atoms with Gasteiger partial charge in [-0.05, 0) is 55.7 Å². The number of halogens is 1. The molecule has 1 saturated heterocycles. The summed E-state index contributed by atoms with van der Waals surface area (Å²) in [4.78, 5) is 17.1. The van der Waals surface area contributed by atoms with Crippen molar-refractivity contribution in [3.05, 3.63) is 58.9 Å². The Bertz CT molecular complexity index is 1020. The van der Waals surface area contributed by atoms with Gasteiger partial charge in [0.25, 0.3) is 5.91 Å². The Morgan fingerprint density at radius 2 is 2.14 bits per heavy atom. The van der Waals surface area contributed by atoms with Gasteiger partial charge in [-0.1, -0.05) is 23.7 Å². The average Bonchev–Trinajstić information content (AvgIpc) is 3.29. The van der Waals surface area contributed by atoms with E-state index in [4.69, 9.17) is 22.1 Å². The van der Waals surface area contributed by atoms with Crippen molar-refractivity contribution >= 4 is 34.2 Å². The van der Waals surface area contributed by atoms with E-state index in [9.17, 15) is 4.79 Å². The van der Waals surface area contributed by atoms with Gasteiger partial charge in [0.05, 0.1) is 23.7 Å². The second kappa shape index (κ2) is 7.91. The lowest BCUT2D eigenvalue weighted by Gasteiger charge is -2.14. The summed E-state index contributed by atoms with van der Waals surface area (Å²) >= 11 is 6.43. The third-order valence-electron chi connectivity index (χ3n) is 5.15. The summed E-state index contributed by atoms with van der Waals surface area (Å²) in [5.74, 6) is 0.771. The highest BCUT2D eigenvalue weighted by Gasteiger charge is 2.29. The predicted molar refractivity (Wildman–Crippen MR) is 111 cm³/mol. The molecule has 1 amide bonds. The Balaban J connectivity index is 1.54. The lowest BCUT2D eigenvalue weighted by molar-refractivity contribution is -0.126. The van der Waals surface area contributed by atoms with Gasteiger partial charge in [-0.15, -0.1) is 0 Å². The quantitative estimate of drug-likeness (QED) is 0.689. The largest absolute Gasteiger partial charge is 0.364 e. The van der Waals surface area contributed by atoms with E-state index in [-0.39, 0.29) is 12.0 Å². The van der Waals surface area contributed by atoms with Crippen molar-refractivity contribution in [2.24, 2.45) is 5.73 Å². The number of nitrogens with one attached hydrogen (secondary N) is 1. The smallest absolute Gasteiger partial charge is 0.253 e. The van der Waals surface area contributed by atoms with Gasteiger partial charge in [-0.3, -0.25) is 4.79 Å². The number of benzene rings is 2. The fourth-order valence-corrected chi connectivity index (χ4v) is 3.81. The van der Waals surface area contributed by atoms with Gasteiger partial charge in [0, 0.05) is 17.3 Å². The molecule has 0 saturated carbocycles. The van der Waals surface area contributed by atoms with Crippen LogP contribution in [0.25, 0.3) is 11.0 Å². The number of aryl methyl sites for hydroxylation is 1. The molecule has 28 heavy (non-hydrogen) atoms. The topological polar surface area (TPSA) is 82.2 Å². The minimum atomic E-state index is -0.451. The molecule has 6 nitrogen and oxygen atoms in total. The molecule has 1 aromatic heterocycles. The lowest BCUT2D eigenvalue weighted by atomic mass is 10.1. The molecule has 2 heterocycles. The molecule has 0 radical (unpaired) electrons. The van der Waals surface area contributed by atoms with E-state index in [0.29, 0.717) is 30.2 Å². The molecular formula is C21H23ClN4O2. The molecule has 0 aliphatic carbocycles. The summed E-state index contributed by atoms with van der Waals surface area (Å²) < 4.78 is 7.79. The highest BCUT2D eigenvalue weighted by Crippen LogP contribution is 2.26. The van der Waals surface area contributed by atoms with Crippen LogP contribution in [0.5, 0.6) is 0 Å². The van der Waals surface area contributed by atoms with Crippen LogP contribution in [0.2, 0.25) is 5.02 Å². The number of ether oxygens (including phenoxy) is 1. The number of nitrogens with two attached hydrogens (primary N) is 1. The zero-order valence-electron chi connectivity index (χ0n) is 15.7. The number of rotatable bonds is 5. The first-order valence-corrected chi connectivity index (χ1v) is 9.79. The SMILES string of the molecule is Cc1nc2ccccc2n1Cc1cc(NC(=O)[C@@H]2CC[C@H](CN)O2)ccc1Cl. The Morgan fingerprint density at radius 1 is 1.32 bits per heavy atom. The number of hydrogen-bond acceptors (Lipinski definition) is 4. The van der Waals surface area contributed by atoms with Gasteiger partial charge in [0.15, 0.2) is 0 Å². The Labute approximate surface area is 168 Å². The Kier molecular flexibility index (Phi) is 5.35. The standard InChI is InChI=1S/C21H23ClN4O2/c1-13-24-18-4-2-3-5-19(18)26(13)12-14-10-15(6-8-17(14)22)25-21(27)20-9-7-16(11-23)28-20/h2-6,8,10,16,20H,7,9,11-12,23H2,1H3,(H,25,27)/t16-,20+/m1/s1. The summed E-state index contributed by atoms with van der Waals surface area (Å²) in [6.45, 7) is 2.99. The number of hydrogen-bond donors (Lipinski definition) is 2. The minimum absolute atomic E-state index is 0.0333. The predicted octanol–water partition coefficient (Wildman–Crippen LogP) is 3.49. The first-order chi connectivity index (χ1) is 13.5. The minimum Gasteiger partial charge on any atom is -0.364 e. The number of para-hydroxylation sites is 2. The fourth-order valence-electron chi connectivity index (χ4n) is 3.63. The van der Waals surface area contributed by atoms with E-state index in [0.717, 1.165) is 28.8 Å². The molecule has 0 bridgehead atoms. The number of fused-ring (bicyclic) bond motifs is 1. The zero-order valence-corrected chi connectivity index (χ0v) is 16.4. The number of nitrogens with zero attached hydrogens (tertiary/aromatic N) is 2. The van der Waals surface area contributed by atoms with Crippen LogP contribution in [0.3, 0.4) is 0 Å². The third kappa shape index (κ3) is 3.76. The molecule has 3 aromatic rings. The Morgan fingerprint density at radius 3 is 2.93 bits per heavy atom. The van der Waals surface area contributed by atoms with Crippen LogP contribution in [0, 0.1) is 6.92 Å². The molecule has 3 N–H and O–H groups in total. The molecule has 0 spiro atoms. The molecule has 7 heteroatoms. The number of aromatic nitrogens is 2. The van der Waals surface area contributed by atoms with Crippen LogP contribution < -0.4 is 11.1 Å². The third-order valence-corrected chi connectivity index (χ3v) is 5.52. The van der Waals surface area contributed by atoms with Gasteiger partial charge in [0.1, 0.15) is 11.9 Å². The maximum atomic E-state index is 12.5. The summed E-state index contributed by atoms with van der Waals surface area (Å²) in [5.41, 5.74) is 9.24. The summed E-state index contributed by atoms with van der Waals surface area (Å²) in [5, 5.41) is 3.59. The normalized spacial score (nSPS) is 19.2. The van der Waals surface area contributed by atoms with Crippen LogP contribution >= 0.6 is 11.6 Å². The zero-order chi connectivity index (χ0) is 19.7. The summed E-state index contributed by atoms with van der Waals surface area (Å²) in [7, 11) is 0. The highest BCUT2D eigenvalue weighted by molar-refractivity contribution is 6.31. The number of anilines is 1. The van der Waals surface area contributed by atoms with Crippen LogP contribution in [-0.2, 0) is 16.1 Å². The lowest BCUT2D eigenvalue weighted by Crippen LogP contribution is -2.29. The number of carbonyl (C=O) groups excluding carboxylic acids is 1. The van der Waals surface area contributed by atoms with E-state index in [2.05, 4.69) is 14.9 Å². The van der Waals surface area contributed by atoms with Crippen molar-refractivity contribution < 1.29 is 9.53 Å². The van der Waals surface area contributed by atoms with Crippen molar-refractivity contribution in [2.45, 2.75) is 38.5 Å². The molecule has 1 aliphatic heterocycles. The monoisotopic (exact) mass is 398 g/mol. The first-order valence-electron chi connectivity index (χ1n) is 9.42. The molecule has 0 unspecified atom stereocenters. The van der Waals surface area contributed by atoms with E-state index in [1.165, 1.54) is 0 Å². The summed E-state index contributed by atoms with van der Waals surface area (Å²) in [6, 6.07) is 13.5. The van der Waals surface area contributed by atoms with Crippen LogP contribution in [0.4, 0.5) is 5.69 Å². The van der Waals surface area contributed by atoms with Crippen molar-refractivity contribution in [3.8, 4) is 0 Å². The molecule has 1 fully saturated rings. The Hall–Kier alpha value is -2.41. The molecule has 146 valence electrons. The molecule has 1 aliphatic rings. The average molecular weight is 399 g/mol. The van der Waals surface area contributed by atoms with Crippen LogP contribution in [0.15, 0.2) is 42.5 Å². The number of imidazole rings is 1. The fraction of sp³-hybridized carbons (Fsp3) is 0.333. The maximum Gasteiger partial charge on any atom is 0.253 e. The van der Waals surface area contributed by atoms with Crippen molar-refractivity contribution in [1.82, 2.24) is 9.55 Å². The van der Waals surface area contributed by atoms with E-state index in [1.54, 1.807) is 12.1 Å². The molecule has 2 aromatic carbocycles. The van der Waals surface area contributed by atoms with Crippen LogP contribution in [-0.4, -0.2) is 34.2 Å². The van der Waals surface area contributed by atoms with Gasteiger partial charge in [-0.2, -0.15) is 0 Å². The van der Waals surface area contributed by atoms with Gasteiger partial charge in [-0.25, -0.2) is 4.98 Å². The van der Waals surface area contributed by atoms with E-state index >= 15 is 0 Å². The van der Waals surface area contributed by atoms with Crippen LogP contribution in [0.1, 0.15) is 24.2 Å². The van der Waals surface area contributed by atoms with Gasteiger partial charge >= 0.3 is 0 Å². The van der Waals surface area contributed by atoms with Gasteiger partial charge < -0.3 is 20.4 Å². The molecule has 4 rings (SSSR count). The van der Waals surface area contributed by atoms with Crippen molar-refractivity contribution in [2.75, 3.05) is 11.9 Å². The summed E-state index contributed by atoms with van der Waals surface area (Å²) in [6.07, 6.45) is 1.02. The first kappa shape index (κ1) is 18.9. The van der Waals surface area contributed by atoms with Crippen molar-refractivity contribution in [3.63, 3.8) is 0 Å². The van der Waals surface area contributed by atoms with Gasteiger partial charge in [0.2, 0.25) is 0 Å².